The molecule has 1 atom stereocenters. The summed E-state index contributed by atoms with van der Waals surface area (Å²) in [7, 11) is -1.49. The van der Waals surface area contributed by atoms with E-state index in [-0.39, 0.29) is 35.5 Å². The van der Waals surface area contributed by atoms with Gasteiger partial charge in [0.05, 0.1) is 18.6 Å². The van der Waals surface area contributed by atoms with Crippen molar-refractivity contribution in [3.63, 3.8) is 0 Å². The van der Waals surface area contributed by atoms with Gasteiger partial charge in [-0.05, 0) is 18.8 Å². The molecule has 0 aliphatic carbocycles. The van der Waals surface area contributed by atoms with Gasteiger partial charge >= 0.3 is 5.97 Å². The van der Waals surface area contributed by atoms with Crippen LogP contribution in [0.2, 0.25) is 0 Å². The van der Waals surface area contributed by atoms with Gasteiger partial charge < -0.3 is 10.1 Å². The van der Waals surface area contributed by atoms with Crippen molar-refractivity contribution in [2.45, 2.75) is 38.8 Å². The summed E-state index contributed by atoms with van der Waals surface area (Å²) < 4.78 is 27.3. The molecule has 0 aromatic carbocycles. The van der Waals surface area contributed by atoms with E-state index in [1.54, 1.807) is 0 Å². The third-order valence-electron chi connectivity index (χ3n) is 3.09. The molecule has 1 heterocycles. The average Bonchev–Trinajstić information content (AvgIpc) is 2.26. The predicted octanol–water partition coefficient (Wildman–Crippen LogP) is 0.351. The molecule has 0 saturated carbocycles. The maximum Gasteiger partial charge on any atom is 0.323 e. The highest BCUT2D eigenvalue weighted by atomic mass is 32.2. The normalized spacial score (nSPS) is 22.4. The second kappa shape index (κ2) is 5.82. The summed E-state index contributed by atoms with van der Waals surface area (Å²) in [5.41, 5.74) is 0. The molecule has 0 radical (unpaired) electrons. The van der Waals surface area contributed by atoms with Crippen molar-refractivity contribution in [3.8, 4) is 0 Å². The van der Waals surface area contributed by atoms with Gasteiger partial charge in [-0.2, -0.15) is 0 Å². The molecule has 5 nitrogen and oxygen atoms in total. The van der Waals surface area contributed by atoms with Crippen molar-refractivity contribution >= 4 is 15.8 Å². The molecular weight excluding hydrogens is 242 g/mol. The molecule has 1 saturated heterocycles. The first-order valence-corrected chi connectivity index (χ1v) is 7.72. The molecule has 0 aromatic rings. The minimum absolute atomic E-state index is 0.0880. The van der Waals surface area contributed by atoms with Crippen molar-refractivity contribution in [2.24, 2.45) is 5.92 Å². The van der Waals surface area contributed by atoms with E-state index in [0.717, 1.165) is 0 Å². The molecule has 0 amide bonds. The van der Waals surface area contributed by atoms with E-state index in [1.165, 1.54) is 7.11 Å². The Balaban J connectivity index is 2.55. The highest BCUT2D eigenvalue weighted by Gasteiger charge is 2.29. The Bertz CT molecular complexity index is 350. The number of hydrogen-bond donors (Lipinski definition) is 1. The summed E-state index contributed by atoms with van der Waals surface area (Å²) >= 11 is 0. The van der Waals surface area contributed by atoms with Crippen LogP contribution in [0.3, 0.4) is 0 Å². The lowest BCUT2D eigenvalue weighted by Gasteiger charge is -2.29. The summed E-state index contributed by atoms with van der Waals surface area (Å²) in [6.07, 6.45) is 1.14. The van der Waals surface area contributed by atoms with E-state index < -0.39 is 9.84 Å². The van der Waals surface area contributed by atoms with Gasteiger partial charge in [-0.3, -0.25) is 4.79 Å². The standard InChI is InChI=1S/C11H21NO4S/c1-8(2)10(11(13)16-3)12-9-4-6-17(14,15)7-5-9/h8-10,12H,4-7H2,1-3H3/t10-/m0/s1. The van der Waals surface area contributed by atoms with E-state index in [0.29, 0.717) is 12.8 Å². The summed E-state index contributed by atoms with van der Waals surface area (Å²) in [6, 6.07) is -0.268. The number of esters is 1. The highest BCUT2D eigenvalue weighted by Crippen LogP contribution is 2.15. The second-order valence-electron chi connectivity index (χ2n) is 4.84. The fourth-order valence-corrected chi connectivity index (χ4v) is 3.46. The maximum atomic E-state index is 11.6. The predicted molar refractivity (Wildman–Crippen MR) is 65.5 cm³/mol. The number of rotatable bonds is 4. The molecule has 0 bridgehead atoms. The van der Waals surface area contributed by atoms with Gasteiger partial charge in [0.25, 0.3) is 0 Å². The molecule has 1 N–H and O–H groups in total. The Labute approximate surface area is 103 Å². The smallest absolute Gasteiger partial charge is 0.323 e. The third-order valence-corrected chi connectivity index (χ3v) is 4.81. The Morgan fingerprint density at radius 1 is 1.29 bits per heavy atom. The van der Waals surface area contributed by atoms with Gasteiger partial charge in [0.1, 0.15) is 15.9 Å². The van der Waals surface area contributed by atoms with Crippen LogP contribution in [0.25, 0.3) is 0 Å². The average molecular weight is 263 g/mol. The first-order chi connectivity index (χ1) is 7.85. The summed E-state index contributed by atoms with van der Waals surface area (Å²) in [5.74, 6) is 0.252. The van der Waals surface area contributed by atoms with Crippen LogP contribution < -0.4 is 5.32 Å². The quantitative estimate of drug-likeness (QED) is 0.741. The Kier molecular flexibility index (Phi) is 4.94. The topological polar surface area (TPSA) is 72.5 Å². The fourth-order valence-electron chi connectivity index (χ4n) is 1.97. The molecule has 0 unspecified atom stereocenters. The van der Waals surface area contributed by atoms with Gasteiger partial charge in [-0.25, -0.2) is 8.42 Å². The van der Waals surface area contributed by atoms with Gasteiger partial charge in [0.15, 0.2) is 0 Å². The van der Waals surface area contributed by atoms with Crippen molar-refractivity contribution in [3.05, 3.63) is 0 Å². The van der Waals surface area contributed by atoms with Crippen LogP contribution in [-0.4, -0.2) is 45.1 Å². The minimum Gasteiger partial charge on any atom is -0.468 e. The number of hydrogen-bond acceptors (Lipinski definition) is 5. The van der Waals surface area contributed by atoms with Crippen molar-refractivity contribution in [1.29, 1.82) is 0 Å². The highest BCUT2D eigenvalue weighted by molar-refractivity contribution is 7.91. The molecule has 0 spiro atoms. The van der Waals surface area contributed by atoms with E-state index >= 15 is 0 Å². The van der Waals surface area contributed by atoms with Crippen LogP contribution >= 0.6 is 0 Å². The van der Waals surface area contributed by atoms with E-state index in [2.05, 4.69) is 5.32 Å². The van der Waals surface area contributed by atoms with Crippen LogP contribution in [0.5, 0.6) is 0 Å². The zero-order valence-corrected chi connectivity index (χ0v) is 11.4. The van der Waals surface area contributed by atoms with Crippen molar-refractivity contribution in [2.75, 3.05) is 18.6 Å². The zero-order chi connectivity index (χ0) is 13.1. The first kappa shape index (κ1) is 14.4. The molecule has 1 fully saturated rings. The van der Waals surface area contributed by atoms with Gasteiger partial charge in [-0.15, -0.1) is 0 Å². The van der Waals surface area contributed by atoms with Crippen LogP contribution in [0, 0.1) is 5.92 Å². The van der Waals surface area contributed by atoms with Gasteiger partial charge in [0, 0.05) is 6.04 Å². The summed E-state index contributed by atoms with van der Waals surface area (Å²) in [5, 5.41) is 3.20. The first-order valence-electron chi connectivity index (χ1n) is 5.90. The van der Waals surface area contributed by atoms with Crippen LogP contribution in [0.1, 0.15) is 26.7 Å². The van der Waals surface area contributed by atoms with Crippen molar-refractivity contribution in [1.82, 2.24) is 5.32 Å². The van der Waals surface area contributed by atoms with Gasteiger partial charge in [-0.1, -0.05) is 13.8 Å². The largest absolute Gasteiger partial charge is 0.468 e. The van der Waals surface area contributed by atoms with Crippen molar-refractivity contribution < 1.29 is 17.9 Å². The lowest BCUT2D eigenvalue weighted by molar-refractivity contribution is -0.144. The monoisotopic (exact) mass is 263 g/mol. The number of carbonyl (C=O) groups is 1. The third kappa shape index (κ3) is 4.27. The van der Waals surface area contributed by atoms with Crippen LogP contribution in [-0.2, 0) is 19.4 Å². The number of methoxy groups -OCH3 is 1. The molecule has 100 valence electrons. The molecule has 0 aromatic heterocycles. The van der Waals surface area contributed by atoms with E-state index in [4.69, 9.17) is 4.74 Å². The molecule has 17 heavy (non-hydrogen) atoms. The molecule has 6 heteroatoms. The van der Waals surface area contributed by atoms with Crippen LogP contribution in [0.4, 0.5) is 0 Å². The Morgan fingerprint density at radius 2 is 1.82 bits per heavy atom. The molecule has 1 aliphatic heterocycles. The summed E-state index contributed by atoms with van der Waals surface area (Å²) in [4.78, 5) is 11.6. The number of sulfone groups is 1. The van der Waals surface area contributed by atoms with E-state index in [1.807, 2.05) is 13.8 Å². The lowest BCUT2D eigenvalue weighted by atomic mass is 10.0. The minimum atomic E-state index is -2.85. The fraction of sp³-hybridized carbons (Fsp3) is 0.909. The molecule has 1 rings (SSSR count). The second-order valence-corrected chi connectivity index (χ2v) is 7.14. The number of ether oxygens (including phenoxy) is 1. The Morgan fingerprint density at radius 3 is 2.24 bits per heavy atom. The number of nitrogens with one attached hydrogen (secondary N) is 1. The lowest BCUT2D eigenvalue weighted by Crippen LogP contribution is -2.49. The zero-order valence-electron chi connectivity index (χ0n) is 10.6. The maximum absolute atomic E-state index is 11.6. The molecule has 1 aliphatic rings. The van der Waals surface area contributed by atoms with Gasteiger partial charge in [0.2, 0.25) is 0 Å². The number of carbonyl (C=O) groups excluding carboxylic acids is 1. The van der Waals surface area contributed by atoms with Crippen LogP contribution in [0.15, 0.2) is 0 Å². The molecular formula is C11H21NO4S. The SMILES string of the molecule is COC(=O)[C@@H](NC1CCS(=O)(=O)CC1)C(C)C. The van der Waals surface area contributed by atoms with E-state index in [9.17, 15) is 13.2 Å². The Hall–Kier alpha value is -0.620. The summed E-state index contributed by atoms with van der Waals surface area (Å²) in [6.45, 7) is 3.88.